The Morgan fingerprint density at radius 1 is 1.47 bits per heavy atom. The first-order chi connectivity index (χ1) is 9.15. The van der Waals surface area contributed by atoms with Gasteiger partial charge in [-0.1, -0.05) is 0 Å². The highest BCUT2D eigenvalue weighted by Crippen LogP contribution is 2.15. The summed E-state index contributed by atoms with van der Waals surface area (Å²) >= 11 is 0. The number of halogens is 1. The number of rotatable bonds is 2. The monoisotopic (exact) mass is 263 g/mol. The van der Waals surface area contributed by atoms with E-state index in [4.69, 9.17) is 0 Å². The Kier molecular flexibility index (Phi) is 2.85. The molecule has 5 nitrogen and oxygen atoms in total. The quantitative estimate of drug-likeness (QED) is 0.875. The molecule has 2 aromatic heterocycles. The number of amides is 1. The van der Waals surface area contributed by atoms with Gasteiger partial charge in [-0.15, -0.1) is 0 Å². The standard InChI is InChI=1S/C13H14FN3O2/c14-9-2-5-17(7-9)12(18)8-16-6-3-10-11(16)1-4-15-13(10)19/h1,3-4,6,9H,2,5,7-8H2,(H,15,19). The Labute approximate surface area is 108 Å². The maximum atomic E-state index is 13.1. The second-order valence-corrected chi connectivity index (χ2v) is 4.78. The molecule has 100 valence electrons. The van der Waals surface area contributed by atoms with E-state index in [2.05, 4.69) is 4.98 Å². The van der Waals surface area contributed by atoms with Gasteiger partial charge in [-0.25, -0.2) is 4.39 Å². The van der Waals surface area contributed by atoms with Gasteiger partial charge in [0.2, 0.25) is 5.91 Å². The Morgan fingerprint density at radius 3 is 3.05 bits per heavy atom. The topological polar surface area (TPSA) is 58.1 Å². The number of likely N-dealkylation sites (tertiary alicyclic amines) is 1. The molecule has 3 heterocycles. The zero-order chi connectivity index (χ0) is 13.4. The molecule has 0 bridgehead atoms. The molecule has 0 radical (unpaired) electrons. The second kappa shape index (κ2) is 4.53. The van der Waals surface area contributed by atoms with Crippen molar-refractivity contribution in [1.82, 2.24) is 14.5 Å². The molecule has 0 aliphatic carbocycles. The maximum absolute atomic E-state index is 13.1. The van der Waals surface area contributed by atoms with Crippen LogP contribution in [0.4, 0.5) is 4.39 Å². The molecular formula is C13H14FN3O2. The highest BCUT2D eigenvalue weighted by atomic mass is 19.1. The molecule has 1 aliphatic rings. The maximum Gasteiger partial charge on any atom is 0.257 e. The molecule has 0 aromatic carbocycles. The van der Waals surface area contributed by atoms with Crippen LogP contribution < -0.4 is 5.56 Å². The lowest BCUT2D eigenvalue weighted by atomic mass is 10.3. The third kappa shape index (κ3) is 2.14. The molecule has 2 aromatic rings. The van der Waals surface area contributed by atoms with Crippen molar-refractivity contribution in [2.24, 2.45) is 0 Å². The van der Waals surface area contributed by atoms with Crippen LogP contribution >= 0.6 is 0 Å². The molecule has 0 spiro atoms. The van der Waals surface area contributed by atoms with Gasteiger partial charge in [0.15, 0.2) is 0 Å². The summed E-state index contributed by atoms with van der Waals surface area (Å²) in [5.41, 5.74) is 0.543. The van der Waals surface area contributed by atoms with E-state index >= 15 is 0 Å². The number of nitrogens with zero attached hydrogens (tertiary/aromatic N) is 2. The number of aromatic amines is 1. The van der Waals surface area contributed by atoms with Crippen LogP contribution in [0.2, 0.25) is 0 Å². The normalized spacial score (nSPS) is 19.2. The van der Waals surface area contributed by atoms with Gasteiger partial charge >= 0.3 is 0 Å². The first kappa shape index (κ1) is 12.0. The molecule has 1 amide bonds. The number of alkyl halides is 1. The van der Waals surface area contributed by atoms with E-state index in [1.165, 1.54) is 4.90 Å². The van der Waals surface area contributed by atoms with Crippen LogP contribution in [0.5, 0.6) is 0 Å². The average molecular weight is 263 g/mol. The van der Waals surface area contributed by atoms with Crippen molar-refractivity contribution in [3.63, 3.8) is 0 Å². The van der Waals surface area contributed by atoms with Gasteiger partial charge in [-0.3, -0.25) is 9.59 Å². The van der Waals surface area contributed by atoms with Crippen LogP contribution in [-0.2, 0) is 11.3 Å². The summed E-state index contributed by atoms with van der Waals surface area (Å²) in [5.74, 6) is -0.113. The van der Waals surface area contributed by atoms with Crippen molar-refractivity contribution < 1.29 is 9.18 Å². The Balaban J connectivity index is 1.84. The molecule has 1 saturated heterocycles. The van der Waals surface area contributed by atoms with E-state index in [-0.39, 0.29) is 24.6 Å². The summed E-state index contributed by atoms with van der Waals surface area (Å²) in [5, 5.41) is 0.556. The first-order valence-corrected chi connectivity index (χ1v) is 6.23. The van der Waals surface area contributed by atoms with Crippen LogP contribution in [0.1, 0.15) is 6.42 Å². The SMILES string of the molecule is O=C(Cn1ccc2c(=O)[nH]ccc21)N1CCC(F)C1. The van der Waals surface area contributed by atoms with Gasteiger partial charge in [0, 0.05) is 18.9 Å². The predicted octanol–water partition coefficient (Wildman–Crippen LogP) is 0.900. The van der Waals surface area contributed by atoms with E-state index in [0.29, 0.717) is 23.9 Å². The van der Waals surface area contributed by atoms with Gasteiger partial charge in [0.1, 0.15) is 12.7 Å². The van der Waals surface area contributed by atoms with Gasteiger partial charge in [-0.2, -0.15) is 0 Å². The van der Waals surface area contributed by atoms with Crippen LogP contribution in [0, 0.1) is 0 Å². The zero-order valence-electron chi connectivity index (χ0n) is 10.3. The highest BCUT2D eigenvalue weighted by molar-refractivity contribution is 5.82. The van der Waals surface area contributed by atoms with Crippen LogP contribution in [-0.4, -0.2) is 39.6 Å². The van der Waals surface area contributed by atoms with E-state index in [0.717, 1.165) is 0 Å². The van der Waals surface area contributed by atoms with Crippen molar-refractivity contribution in [2.75, 3.05) is 13.1 Å². The van der Waals surface area contributed by atoms with E-state index in [1.807, 2.05) is 0 Å². The Morgan fingerprint density at radius 2 is 2.32 bits per heavy atom. The molecule has 1 fully saturated rings. The van der Waals surface area contributed by atoms with E-state index < -0.39 is 6.17 Å². The Bertz CT molecular complexity index is 676. The molecule has 3 rings (SSSR count). The zero-order valence-corrected chi connectivity index (χ0v) is 10.3. The fourth-order valence-electron chi connectivity index (χ4n) is 2.46. The van der Waals surface area contributed by atoms with Gasteiger partial charge < -0.3 is 14.5 Å². The number of nitrogens with one attached hydrogen (secondary N) is 1. The van der Waals surface area contributed by atoms with Crippen molar-refractivity contribution >= 4 is 16.8 Å². The number of hydrogen-bond acceptors (Lipinski definition) is 2. The Hall–Kier alpha value is -2.11. The van der Waals surface area contributed by atoms with Crippen LogP contribution in [0.25, 0.3) is 10.9 Å². The fraction of sp³-hybridized carbons (Fsp3) is 0.385. The lowest BCUT2D eigenvalue weighted by Crippen LogP contribution is -2.32. The highest BCUT2D eigenvalue weighted by Gasteiger charge is 2.25. The number of aromatic nitrogens is 2. The number of carbonyl (C=O) groups is 1. The molecular weight excluding hydrogens is 249 g/mol. The third-order valence-corrected chi connectivity index (χ3v) is 3.50. The molecule has 1 atom stereocenters. The minimum absolute atomic E-state index is 0.113. The minimum Gasteiger partial charge on any atom is -0.338 e. The molecule has 1 aliphatic heterocycles. The second-order valence-electron chi connectivity index (χ2n) is 4.78. The van der Waals surface area contributed by atoms with Gasteiger partial charge in [0.05, 0.1) is 17.4 Å². The van der Waals surface area contributed by atoms with Crippen molar-refractivity contribution in [3.8, 4) is 0 Å². The summed E-state index contributed by atoms with van der Waals surface area (Å²) < 4.78 is 14.8. The van der Waals surface area contributed by atoms with Gasteiger partial charge in [0.25, 0.3) is 5.56 Å². The summed E-state index contributed by atoms with van der Waals surface area (Å²) in [4.78, 5) is 27.7. The summed E-state index contributed by atoms with van der Waals surface area (Å²) in [6, 6.07) is 3.44. The minimum atomic E-state index is -0.909. The van der Waals surface area contributed by atoms with Crippen LogP contribution in [0.15, 0.2) is 29.3 Å². The van der Waals surface area contributed by atoms with Crippen molar-refractivity contribution in [2.45, 2.75) is 19.1 Å². The fourth-order valence-corrected chi connectivity index (χ4v) is 2.46. The van der Waals surface area contributed by atoms with E-state index in [1.54, 1.807) is 29.1 Å². The molecule has 0 saturated carbocycles. The summed E-state index contributed by atoms with van der Waals surface area (Å²) in [6.45, 7) is 0.790. The number of carbonyl (C=O) groups excluding carboxylic acids is 1. The molecule has 19 heavy (non-hydrogen) atoms. The lowest BCUT2D eigenvalue weighted by molar-refractivity contribution is -0.130. The van der Waals surface area contributed by atoms with Crippen molar-refractivity contribution in [1.29, 1.82) is 0 Å². The largest absolute Gasteiger partial charge is 0.338 e. The lowest BCUT2D eigenvalue weighted by Gasteiger charge is -2.15. The molecule has 6 heteroatoms. The van der Waals surface area contributed by atoms with Crippen LogP contribution in [0.3, 0.4) is 0 Å². The molecule has 1 N–H and O–H groups in total. The smallest absolute Gasteiger partial charge is 0.257 e. The number of H-pyrrole nitrogens is 1. The summed E-state index contributed by atoms with van der Waals surface area (Å²) in [6.07, 6.45) is 2.77. The first-order valence-electron chi connectivity index (χ1n) is 6.23. The summed E-state index contributed by atoms with van der Waals surface area (Å²) in [7, 11) is 0. The predicted molar refractivity (Wildman–Crippen MR) is 68.7 cm³/mol. The third-order valence-electron chi connectivity index (χ3n) is 3.50. The molecule has 1 unspecified atom stereocenters. The number of hydrogen-bond donors (Lipinski definition) is 1. The number of pyridine rings is 1. The van der Waals surface area contributed by atoms with Gasteiger partial charge in [-0.05, 0) is 18.6 Å². The van der Waals surface area contributed by atoms with E-state index in [9.17, 15) is 14.0 Å². The average Bonchev–Trinajstić information content (AvgIpc) is 2.98. The van der Waals surface area contributed by atoms with Crippen molar-refractivity contribution in [3.05, 3.63) is 34.9 Å². The number of fused-ring (bicyclic) bond motifs is 1.